The van der Waals surface area contributed by atoms with E-state index in [1.165, 1.54) is 11.3 Å². The van der Waals surface area contributed by atoms with Crippen molar-refractivity contribution < 1.29 is 13.5 Å². The number of piperidine rings is 1. The second-order valence-corrected chi connectivity index (χ2v) is 8.74. The van der Waals surface area contributed by atoms with Gasteiger partial charge in [-0.2, -0.15) is 4.31 Å². The Morgan fingerprint density at radius 2 is 2.11 bits per heavy atom. The van der Waals surface area contributed by atoms with Gasteiger partial charge in [-0.05, 0) is 36.8 Å². The monoisotopic (exact) mass is 303 g/mol. The maximum absolute atomic E-state index is 12.6. The number of hydrogen-bond acceptors (Lipinski definition) is 4. The molecule has 108 valence electrons. The first-order valence-corrected chi connectivity index (χ1v) is 8.82. The Hall–Kier alpha value is -0.430. The first kappa shape index (κ1) is 15.0. The highest BCUT2D eigenvalue weighted by Gasteiger charge is 2.32. The number of nitrogens with zero attached hydrogens (tertiary/aromatic N) is 1. The Kier molecular flexibility index (Phi) is 4.35. The molecule has 0 aliphatic carbocycles. The number of aliphatic hydroxyl groups is 1. The fraction of sp³-hybridized carbons (Fsp3) is 0.692. The maximum atomic E-state index is 12.6. The highest BCUT2D eigenvalue weighted by atomic mass is 32.2. The van der Waals surface area contributed by atoms with Gasteiger partial charge in [-0.3, -0.25) is 0 Å². The normalized spacial score (nSPS) is 25.7. The third-order valence-electron chi connectivity index (χ3n) is 4.03. The molecule has 1 saturated heterocycles. The number of hydrogen-bond donors (Lipinski definition) is 1. The van der Waals surface area contributed by atoms with E-state index < -0.39 is 10.0 Å². The summed E-state index contributed by atoms with van der Waals surface area (Å²) < 4.78 is 27.1. The second-order valence-electron chi connectivity index (χ2n) is 5.44. The van der Waals surface area contributed by atoms with E-state index in [1.807, 2.05) is 6.92 Å². The van der Waals surface area contributed by atoms with Crippen LogP contribution in [0, 0.1) is 18.8 Å². The van der Waals surface area contributed by atoms with E-state index in [0.717, 1.165) is 16.9 Å². The first-order valence-electron chi connectivity index (χ1n) is 6.56. The van der Waals surface area contributed by atoms with Crippen molar-refractivity contribution in [2.75, 3.05) is 13.1 Å². The summed E-state index contributed by atoms with van der Waals surface area (Å²) in [7, 11) is -3.39. The highest BCUT2D eigenvalue weighted by Crippen LogP contribution is 2.32. The molecule has 1 aromatic heterocycles. The summed E-state index contributed by atoms with van der Waals surface area (Å²) >= 11 is 1.18. The molecule has 1 fully saturated rings. The van der Waals surface area contributed by atoms with Crippen molar-refractivity contribution in [3.63, 3.8) is 0 Å². The van der Waals surface area contributed by atoms with Gasteiger partial charge in [-0.15, -0.1) is 11.3 Å². The topological polar surface area (TPSA) is 57.6 Å². The highest BCUT2D eigenvalue weighted by molar-refractivity contribution is 7.91. The summed E-state index contributed by atoms with van der Waals surface area (Å²) in [4.78, 5) is 0.733. The van der Waals surface area contributed by atoms with Crippen LogP contribution >= 0.6 is 11.3 Å². The van der Waals surface area contributed by atoms with E-state index in [9.17, 15) is 13.5 Å². The van der Waals surface area contributed by atoms with Gasteiger partial charge in [-0.25, -0.2) is 8.42 Å². The minimum absolute atomic E-state index is 0.0978. The molecule has 1 N–H and O–H groups in total. The molecule has 1 aliphatic heterocycles. The lowest BCUT2D eigenvalue weighted by molar-refractivity contribution is 0.213. The Bertz CT molecular complexity index is 550. The van der Waals surface area contributed by atoms with Crippen molar-refractivity contribution in [1.82, 2.24) is 4.31 Å². The van der Waals surface area contributed by atoms with Crippen LogP contribution in [0.25, 0.3) is 0 Å². The lowest BCUT2D eigenvalue weighted by Crippen LogP contribution is -2.41. The molecular formula is C13H21NO3S2. The van der Waals surface area contributed by atoms with E-state index in [1.54, 1.807) is 10.4 Å². The molecule has 2 rings (SSSR count). The van der Waals surface area contributed by atoms with Crippen molar-refractivity contribution in [3.05, 3.63) is 16.5 Å². The molecule has 1 aliphatic rings. The predicted molar refractivity (Wildman–Crippen MR) is 76.7 cm³/mol. The van der Waals surface area contributed by atoms with Gasteiger partial charge in [-0.1, -0.05) is 13.8 Å². The maximum Gasteiger partial charge on any atom is 0.252 e. The lowest BCUT2D eigenvalue weighted by Gasteiger charge is -2.34. The van der Waals surface area contributed by atoms with Crippen LogP contribution in [-0.2, 0) is 16.6 Å². The molecule has 0 saturated carbocycles. The van der Waals surface area contributed by atoms with E-state index >= 15 is 0 Å². The molecule has 2 unspecified atom stereocenters. The largest absolute Gasteiger partial charge is 0.391 e. The van der Waals surface area contributed by atoms with Gasteiger partial charge in [0.15, 0.2) is 0 Å². The smallest absolute Gasteiger partial charge is 0.252 e. The van der Waals surface area contributed by atoms with E-state index in [-0.39, 0.29) is 6.61 Å². The molecule has 0 aromatic carbocycles. The number of rotatable bonds is 3. The predicted octanol–water partition coefficient (Wildman–Crippen LogP) is 2.22. The summed E-state index contributed by atoms with van der Waals surface area (Å²) in [6.07, 6.45) is 0.914. The summed E-state index contributed by atoms with van der Waals surface area (Å²) in [6.45, 7) is 7.20. The lowest BCUT2D eigenvalue weighted by atomic mass is 9.90. The van der Waals surface area contributed by atoms with Crippen LogP contribution in [0.15, 0.2) is 10.3 Å². The van der Waals surface area contributed by atoms with E-state index in [4.69, 9.17) is 0 Å². The summed E-state index contributed by atoms with van der Waals surface area (Å²) in [5.74, 6) is 0.964. The molecular weight excluding hydrogens is 282 g/mol. The summed E-state index contributed by atoms with van der Waals surface area (Å²) in [5, 5.41) is 9.19. The van der Waals surface area contributed by atoms with Gasteiger partial charge in [0.25, 0.3) is 10.0 Å². The fourth-order valence-electron chi connectivity index (χ4n) is 2.34. The van der Waals surface area contributed by atoms with Crippen molar-refractivity contribution >= 4 is 21.4 Å². The van der Waals surface area contributed by atoms with Crippen LogP contribution in [0.3, 0.4) is 0 Å². The number of aryl methyl sites for hydroxylation is 1. The molecule has 0 amide bonds. The zero-order chi connectivity index (χ0) is 14.2. The molecule has 4 nitrogen and oxygen atoms in total. The van der Waals surface area contributed by atoms with Crippen molar-refractivity contribution in [1.29, 1.82) is 0 Å². The average Bonchev–Trinajstić information content (AvgIpc) is 2.74. The van der Waals surface area contributed by atoms with Crippen molar-refractivity contribution in [2.45, 2.75) is 38.0 Å². The first-order chi connectivity index (χ1) is 8.86. The van der Waals surface area contributed by atoms with E-state index in [2.05, 4.69) is 13.8 Å². The van der Waals surface area contributed by atoms with Crippen LogP contribution in [0.2, 0.25) is 0 Å². The Morgan fingerprint density at radius 1 is 1.42 bits per heavy atom. The zero-order valence-corrected chi connectivity index (χ0v) is 13.2. The third kappa shape index (κ3) is 2.86. The second kappa shape index (κ2) is 5.52. The molecule has 1 aromatic rings. The summed E-state index contributed by atoms with van der Waals surface area (Å²) in [5.41, 5.74) is 0.851. The van der Waals surface area contributed by atoms with Crippen molar-refractivity contribution in [2.24, 2.45) is 11.8 Å². The summed E-state index contributed by atoms with van der Waals surface area (Å²) in [6, 6.07) is 1.67. The number of aliphatic hydroxyl groups excluding tert-OH is 1. The van der Waals surface area contributed by atoms with Crippen LogP contribution in [0.4, 0.5) is 0 Å². The van der Waals surface area contributed by atoms with Gasteiger partial charge >= 0.3 is 0 Å². The molecule has 2 atom stereocenters. The molecule has 19 heavy (non-hydrogen) atoms. The Balaban J connectivity index is 2.27. The van der Waals surface area contributed by atoms with Crippen molar-refractivity contribution in [3.8, 4) is 0 Å². The van der Waals surface area contributed by atoms with Gasteiger partial charge < -0.3 is 5.11 Å². The zero-order valence-electron chi connectivity index (χ0n) is 11.6. The van der Waals surface area contributed by atoms with Crippen LogP contribution < -0.4 is 0 Å². The van der Waals surface area contributed by atoms with Crippen LogP contribution in [-0.4, -0.2) is 30.9 Å². The molecule has 6 heteroatoms. The van der Waals surface area contributed by atoms with Crippen LogP contribution in [0.1, 0.15) is 30.7 Å². The van der Waals surface area contributed by atoms with Gasteiger partial charge in [0.05, 0.1) is 6.61 Å². The third-order valence-corrected chi connectivity index (χ3v) is 7.57. The number of sulfonamides is 1. The molecule has 2 heterocycles. The molecule has 0 bridgehead atoms. The molecule has 0 radical (unpaired) electrons. The Morgan fingerprint density at radius 3 is 2.63 bits per heavy atom. The van der Waals surface area contributed by atoms with E-state index in [0.29, 0.717) is 29.1 Å². The SMILES string of the molecule is Cc1cc(S(=O)(=O)N2CCC(C)C(C)C2)sc1CO. The standard InChI is InChI=1S/C13H21NO3S2/c1-9-4-5-14(7-11(9)3)19(16,17)13-6-10(2)12(8-15)18-13/h6,9,11,15H,4-5,7-8H2,1-3H3. The molecule has 0 spiro atoms. The fourth-order valence-corrected chi connectivity index (χ4v) is 5.50. The van der Waals surface area contributed by atoms with Gasteiger partial charge in [0, 0.05) is 18.0 Å². The van der Waals surface area contributed by atoms with Gasteiger partial charge in [0.2, 0.25) is 0 Å². The van der Waals surface area contributed by atoms with Crippen LogP contribution in [0.5, 0.6) is 0 Å². The number of thiophene rings is 1. The minimum Gasteiger partial charge on any atom is -0.391 e. The minimum atomic E-state index is -3.39. The average molecular weight is 303 g/mol. The van der Waals surface area contributed by atoms with Gasteiger partial charge in [0.1, 0.15) is 4.21 Å². The Labute approximate surface area is 119 Å². The quantitative estimate of drug-likeness (QED) is 0.931.